The van der Waals surface area contributed by atoms with Crippen molar-refractivity contribution in [3.05, 3.63) is 47.2 Å². The van der Waals surface area contributed by atoms with E-state index in [1.165, 1.54) is 7.11 Å². The third-order valence-electron chi connectivity index (χ3n) is 2.34. The number of benzene rings is 1. The van der Waals surface area contributed by atoms with Gasteiger partial charge >= 0.3 is 0 Å². The monoisotopic (exact) mass is 234 g/mol. The molecule has 1 aromatic rings. The lowest BCUT2D eigenvalue weighted by Crippen LogP contribution is -2.37. The number of carbonyl (C=O) groups is 1. The van der Waals surface area contributed by atoms with Crippen LogP contribution in [0.3, 0.4) is 0 Å². The van der Waals surface area contributed by atoms with Gasteiger partial charge in [-0.05, 0) is 26.0 Å². The van der Waals surface area contributed by atoms with Crippen molar-refractivity contribution in [2.75, 3.05) is 13.7 Å². The Kier molecular flexibility index (Phi) is 4.43. The SMILES string of the molecule is C=C(COC)N(N)C(=O)c1cc(C)cc(C)c1. The highest BCUT2D eigenvalue weighted by Crippen LogP contribution is 2.12. The summed E-state index contributed by atoms with van der Waals surface area (Å²) in [6.45, 7) is 7.80. The molecule has 0 saturated heterocycles. The van der Waals surface area contributed by atoms with Gasteiger partial charge in [0.1, 0.15) is 0 Å². The van der Waals surface area contributed by atoms with Crippen LogP contribution >= 0.6 is 0 Å². The van der Waals surface area contributed by atoms with Gasteiger partial charge in [-0.25, -0.2) is 10.9 Å². The van der Waals surface area contributed by atoms with Crippen LogP contribution in [-0.4, -0.2) is 24.6 Å². The summed E-state index contributed by atoms with van der Waals surface area (Å²) < 4.78 is 4.88. The minimum atomic E-state index is -0.279. The van der Waals surface area contributed by atoms with Crippen molar-refractivity contribution in [1.82, 2.24) is 5.01 Å². The average Bonchev–Trinajstić information content (AvgIpc) is 2.26. The summed E-state index contributed by atoms with van der Waals surface area (Å²) in [5, 5.41) is 1.03. The minimum Gasteiger partial charge on any atom is -0.378 e. The molecule has 0 heterocycles. The van der Waals surface area contributed by atoms with Crippen LogP contribution in [0.25, 0.3) is 0 Å². The van der Waals surface area contributed by atoms with Crippen molar-refractivity contribution in [3.63, 3.8) is 0 Å². The Bertz CT molecular complexity index is 421. The average molecular weight is 234 g/mol. The summed E-state index contributed by atoms with van der Waals surface area (Å²) in [7, 11) is 1.53. The predicted molar refractivity (Wildman–Crippen MR) is 67.3 cm³/mol. The number of nitrogens with two attached hydrogens (primary N) is 1. The molecule has 0 saturated carbocycles. The van der Waals surface area contributed by atoms with Gasteiger partial charge in [-0.15, -0.1) is 0 Å². The molecule has 0 aromatic heterocycles. The summed E-state index contributed by atoms with van der Waals surface area (Å²) >= 11 is 0. The van der Waals surface area contributed by atoms with Gasteiger partial charge < -0.3 is 4.74 Å². The maximum atomic E-state index is 12.0. The molecule has 1 aromatic carbocycles. The van der Waals surface area contributed by atoms with Crippen molar-refractivity contribution in [1.29, 1.82) is 0 Å². The number of methoxy groups -OCH3 is 1. The molecule has 0 radical (unpaired) electrons. The van der Waals surface area contributed by atoms with E-state index in [9.17, 15) is 4.79 Å². The van der Waals surface area contributed by atoms with E-state index >= 15 is 0 Å². The number of hydrogen-bond acceptors (Lipinski definition) is 3. The van der Waals surface area contributed by atoms with Crippen molar-refractivity contribution < 1.29 is 9.53 Å². The van der Waals surface area contributed by atoms with E-state index in [1.54, 1.807) is 12.1 Å². The quantitative estimate of drug-likeness (QED) is 0.491. The molecule has 4 heteroatoms. The number of ether oxygens (including phenoxy) is 1. The van der Waals surface area contributed by atoms with Crippen LogP contribution in [-0.2, 0) is 4.74 Å². The van der Waals surface area contributed by atoms with Crippen LogP contribution in [0.4, 0.5) is 0 Å². The fourth-order valence-electron chi connectivity index (χ4n) is 1.62. The zero-order chi connectivity index (χ0) is 13.0. The number of amides is 1. The third-order valence-corrected chi connectivity index (χ3v) is 2.34. The molecular weight excluding hydrogens is 216 g/mol. The lowest BCUT2D eigenvalue weighted by molar-refractivity contribution is 0.0774. The molecule has 2 N–H and O–H groups in total. The van der Waals surface area contributed by atoms with Gasteiger partial charge in [-0.2, -0.15) is 0 Å². The number of nitrogens with zero attached hydrogens (tertiary/aromatic N) is 1. The molecule has 0 fully saturated rings. The van der Waals surface area contributed by atoms with Crippen molar-refractivity contribution in [2.45, 2.75) is 13.8 Å². The first-order chi connectivity index (χ1) is 7.95. The molecule has 0 aliphatic carbocycles. The predicted octanol–water partition coefficient (Wildman–Crippen LogP) is 1.78. The molecule has 0 atom stereocenters. The summed E-state index contributed by atoms with van der Waals surface area (Å²) in [5.74, 6) is 5.40. The highest BCUT2D eigenvalue weighted by atomic mass is 16.5. The fraction of sp³-hybridized carbons (Fsp3) is 0.308. The smallest absolute Gasteiger partial charge is 0.272 e. The van der Waals surface area contributed by atoms with E-state index in [-0.39, 0.29) is 12.5 Å². The topological polar surface area (TPSA) is 55.6 Å². The van der Waals surface area contributed by atoms with Crippen molar-refractivity contribution >= 4 is 5.91 Å². The molecule has 0 unspecified atom stereocenters. The molecule has 0 bridgehead atoms. The van der Waals surface area contributed by atoms with Crippen LogP contribution in [0.15, 0.2) is 30.5 Å². The Morgan fingerprint density at radius 2 is 1.88 bits per heavy atom. The first-order valence-corrected chi connectivity index (χ1v) is 5.30. The largest absolute Gasteiger partial charge is 0.378 e. The van der Waals surface area contributed by atoms with Crippen LogP contribution in [0.5, 0.6) is 0 Å². The zero-order valence-corrected chi connectivity index (χ0v) is 10.5. The van der Waals surface area contributed by atoms with Crippen LogP contribution < -0.4 is 5.84 Å². The van der Waals surface area contributed by atoms with Crippen molar-refractivity contribution in [3.8, 4) is 0 Å². The van der Waals surface area contributed by atoms with E-state index in [4.69, 9.17) is 10.6 Å². The number of rotatable bonds is 4. The van der Waals surface area contributed by atoms with Gasteiger partial charge in [-0.1, -0.05) is 23.8 Å². The Balaban J connectivity index is 2.92. The van der Waals surface area contributed by atoms with Gasteiger partial charge in [0, 0.05) is 12.7 Å². The fourth-order valence-corrected chi connectivity index (χ4v) is 1.62. The summed E-state index contributed by atoms with van der Waals surface area (Å²) in [4.78, 5) is 12.0. The van der Waals surface area contributed by atoms with Crippen LogP contribution in [0, 0.1) is 13.8 Å². The molecule has 1 amide bonds. The molecule has 0 aliphatic heterocycles. The van der Waals surface area contributed by atoms with Gasteiger partial charge in [0.2, 0.25) is 0 Å². The molecule has 1 rings (SSSR count). The summed E-state index contributed by atoms with van der Waals surface area (Å²) in [6.07, 6.45) is 0. The third kappa shape index (κ3) is 3.41. The molecule has 17 heavy (non-hydrogen) atoms. The van der Waals surface area contributed by atoms with E-state index in [2.05, 4.69) is 6.58 Å². The van der Waals surface area contributed by atoms with E-state index < -0.39 is 0 Å². The Morgan fingerprint density at radius 1 is 1.35 bits per heavy atom. The Labute approximate surface area is 102 Å². The maximum absolute atomic E-state index is 12.0. The summed E-state index contributed by atoms with van der Waals surface area (Å²) in [5.41, 5.74) is 3.04. The van der Waals surface area contributed by atoms with Crippen LogP contribution in [0.1, 0.15) is 21.5 Å². The Hall–Kier alpha value is -1.65. The Morgan fingerprint density at radius 3 is 2.35 bits per heavy atom. The number of carbonyl (C=O) groups excluding carboxylic acids is 1. The van der Waals surface area contributed by atoms with Gasteiger partial charge in [0.05, 0.1) is 12.3 Å². The van der Waals surface area contributed by atoms with Gasteiger partial charge in [0.25, 0.3) is 5.91 Å². The van der Waals surface area contributed by atoms with Crippen molar-refractivity contribution in [2.24, 2.45) is 5.84 Å². The van der Waals surface area contributed by atoms with E-state index in [0.717, 1.165) is 16.1 Å². The standard InChI is InChI=1S/C13H18N2O2/c1-9-5-10(2)7-12(6-9)13(16)15(14)11(3)8-17-4/h5-7H,3,8,14H2,1-2,4H3. The van der Waals surface area contributed by atoms with E-state index in [0.29, 0.717) is 11.3 Å². The molecule has 92 valence electrons. The zero-order valence-electron chi connectivity index (χ0n) is 10.5. The number of hydrogen-bond donors (Lipinski definition) is 1. The second-order valence-electron chi connectivity index (χ2n) is 4.05. The second kappa shape index (κ2) is 5.61. The molecule has 0 aliphatic rings. The second-order valence-corrected chi connectivity index (χ2v) is 4.05. The number of aryl methyl sites for hydroxylation is 2. The van der Waals surface area contributed by atoms with Gasteiger partial charge in [0.15, 0.2) is 0 Å². The van der Waals surface area contributed by atoms with Gasteiger partial charge in [-0.3, -0.25) is 4.79 Å². The van der Waals surface area contributed by atoms with E-state index in [1.807, 2.05) is 19.9 Å². The molecule has 4 nitrogen and oxygen atoms in total. The highest BCUT2D eigenvalue weighted by molar-refractivity contribution is 5.95. The minimum absolute atomic E-state index is 0.229. The van der Waals surface area contributed by atoms with Crippen LogP contribution in [0.2, 0.25) is 0 Å². The number of hydrazine groups is 1. The lowest BCUT2D eigenvalue weighted by atomic mass is 10.1. The maximum Gasteiger partial charge on any atom is 0.272 e. The summed E-state index contributed by atoms with van der Waals surface area (Å²) in [6, 6.07) is 5.60. The molecule has 0 spiro atoms. The molecular formula is C13H18N2O2. The normalized spacial score (nSPS) is 10.1. The first kappa shape index (κ1) is 13.4. The first-order valence-electron chi connectivity index (χ1n) is 5.30. The highest BCUT2D eigenvalue weighted by Gasteiger charge is 2.15. The lowest BCUT2D eigenvalue weighted by Gasteiger charge is -2.19.